The Kier molecular flexibility index (Phi) is 2.18. The molecule has 0 aliphatic heterocycles. The number of hydrogen-bond acceptors (Lipinski definition) is 2. The molecule has 2 rings (SSSR count). The van der Waals surface area contributed by atoms with Crippen molar-refractivity contribution in [3.05, 3.63) is 47.5 Å². The smallest absolute Gasteiger partial charge is 0.100 e. The highest BCUT2D eigenvalue weighted by Crippen LogP contribution is 2.21. The van der Waals surface area contributed by atoms with E-state index in [1.54, 1.807) is 6.07 Å². The summed E-state index contributed by atoms with van der Waals surface area (Å²) >= 11 is 0. The summed E-state index contributed by atoms with van der Waals surface area (Å²) in [6.07, 6.45) is 0. The number of rotatable bonds is 1. The van der Waals surface area contributed by atoms with Crippen LogP contribution < -0.4 is 0 Å². The highest BCUT2D eigenvalue weighted by molar-refractivity contribution is 5.90. The minimum atomic E-state index is -0.0251. The minimum Gasteiger partial charge on any atom is -0.392 e. The summed E-state index contributed by atoms with van der Waals surface area (Å²) in [7, 11) is 0. The number of fused-ring (bicyclic) bond motifs is 1. The van der Waals surface area contributed by atoms with E-state index in [1.165, 1.54) is 0 Å². The molecular weight excluding hydrogens is 174 g/mol. The molecule has 0 aliphatic rings. The third-order valence-corrected chi connectivity index (χ3v) is 2.22. The topological polar surface area (TPSA) is 44.0 Å². The summed E-state index contributed by atoms with van der Waals surface area (Å²) in [5.74, 6) is 0. The van der Waals surface area contributed by atoms with E-state index in [2.05, 4.69) is 12.1 Å². The third kappa shape index (κ3) is 1.24. The Labute approximate surface area is 82.0 Å². The van der Waals surface area contributed by atoms with Crippen molar-refractivity contribution >= 4 is 10.8 Å². The van der Waals surface area contributed by atoms with Crippen molar-refractivity contribution in [3.63, 3.8) is 0 Å². The van der Waals surface area contributed by atoms with Gasteiger partial charge < -0.3 is 5.11 Å². The van der Waals surface area contributed by atoms with E-state index in [4.69, 9.17) is 10.4 Å². The zero-order valence-electron chi connectivity index (χ0n) is 7.49. The van der Waals surface area contributed by atoms with Gasteiger partial charge in [0.05, 0.1) is 12.2 Å². The largest absolute Gasteiger partial charge is 0.392 e. The molecule has 0 spiro atoms. The van der Waals surface area contributed by atoms with Crippen LogP contribution in [0.4, 0.5) is 0 Å². The first kappa shape index (κ1) is 8.74. The lowest BCUT2D eigenvalue weighted by Gasteiger charge is -2.03. The fraction of sp³-hybridized carbons (Fsp3) is 0.0833. The predicted octanol–water partition coefficient (Wildman–Crippen LogP) is 2.00. The Morgan fingerprint density at radius 2 is 2.00 bits per heavy atom. The lowest BCUT2D eigenvalue weighted by atomic mass is 10.0. The molecule has 0 fully saturated rings. The van der Waals surface area contributed by atoms with Gasteiger partial charge in [0, 0.05) is 11.5 Å². The quantitative estimate of drug-likeness (QED) is 0.733. The van der Waals surface area contributed by atoms with Crippen LogP contribution in [-0.4, -0.2) is 5.11 Å². The maximum atomic E-state index is 9.10. The van der Waals surface area contributed by atoms with Crippen molar-refractivity contribution in [1.29, 1.82) is 5.26 Å². The van der Waals surface area contributed by atoms with Crippen molar-refractivity contribution < 1.29 is 5.11 Å². The molecule has 0 aliphatic carbocycles. The Bertz CT molecular complexity index is 511. The van der Waals surface area contributed by atoms with Crippen LogP contribution in [0.15, 0.2) is 30.3 Å². The lowest BCUT2D eigenvalue weighted by Crippen LogP contribution is -1.88. The third-order valence-electron chi connectivity index (χ3n) is 2.22. The highest BCUT2D eigenvalue weighted by Gasteiger charge is 2.03. The molecule has 2 aromatic rings. The van der Waals surface area contributed by atoms with Crippen LogP contribution in [0.25, 0.3) is 10.8 Å². The van der Waals surface area contributed by atoms with Crippen molar-refractivity contribution in [2.24, 2.45) is 0 Å². The van der Waals surface area contributed by atoms with Gasteiger partial charge in [-0.15, -0.1) is 0 Å². The van der Waals surface area contributed by atoms with Crippen LogP contribution in [-0.2, 0) is 6.61 Å². The number of nitriles is 1. The molecule has 1 N–H and O–H groups in total. The van der Waals surface area contributed by atoms with Crippen LogP contribution in [0.3, 0.4) is 0 Å². The van der Waals surface area contributed by atoms with Crippen molar-refractivity contribution in [2.75, 3.05) is 0 Å². The number of benzene rings is 2. The van der Waals surface area contributed by atoms with Gasteiger partial charge in [-0.1, -0.05) is 24.3 Å². The summed E-state index contributed by atoms with van der Waals surface area (Å²) in [5, 5.41) is 19.7. The molecule has 0 saturated carbocycles. The zero-order valence-corrected chi connectivity index (χ0v) is 7.49. The molecule has 2 aromatic carbocycles. The Balaban J connectivity index is 2.87. The first-order valence-electron chi connectivity index (χ1n) is 4.30. The Hall–Kier alpha value is -1.85. The monoisotopic (exact) mass is 182 g/mol. The van der Waals surface area contributed by atoms with E-state index in [0.29, 0.717) is 5.56 Å². The summed E-state index contributed by atoms with van der Waals surface area (Å²) < 4.78 is 0. The molecule has 0 unspecified atom stereocenters. The van der Waals surface area contributed by atoms with Crippen molar-refractivity contribution in [1.82, 2.24) is 0 Å². The molecule has 2 heteroatoms. The first-order chi connectivity index (χ1) is 6.86. The molecule has 0 atom stereocenters. The first-order valence-corrected chi connectivity index (χ1v) is 4.30. The van der Waals surface area contributed by atoms with Crippen LogP contribution in [0.5, 0.6) is 0 Å². The maximum Gasteiger partial charge on any atom is 0.100 e. The molecule has 14 heavy (non-hydrogen) atoms. The number of hydrogen-bond donors (Lipinski definition) is 1. The number of aliphatic hydroxyl groups excluding tert-OH is 1. The second-order valence-corrected chi connectivity index (χ2v) is 3.00. The highest BCUT2D eigenvalue weighted by atomic mass is 16.3. The summed E-state index contributed by atoms with van der Waals surface area (Å²) in [6, 6.07) is 14.1. The summed E-state index contributed by atoms with van der Waals surface area (Å²) in [4.78, 5) is 0. The normalized spacial score (nSPS) is 10.0. The molecular formula is C12H8NO. The fourth-order valence-electron chi connectivity index (χ4n) is 1.52. The van der Waals surface area contributed by atoms with Gasteiger partial charge in [-0.25, -0.2) is 0 Å². The molecule has 2 nitrogen and oxygen atoms in total. The summed E-state index contributed by atoms with van der Waals surface area (Å²) in [5.41, 5.74) is 1.33. The predicted molar refractivity (Wildman–Crippen MR) is 53.4 cm³/mol. The molecule has 1 radical (unpaired) electrons. The van der Waals surface area contributed by atoms with Gasteiger partial charge in [0.25, 0.3) is 0 Å². The summed E-state index contributed by atoms with van der Waals surface area (Å²) in [6.45, 7) is -0.0251. The maximum absolute atomic E-state index is 9.10. The molecule has 67 valence electrons. The molecule has 0 saturated heterocycles. The van der Waals surface area contributed by atoms with Crippen LogP contribution in [0.2, 0.25) is 0 Å². The standard InChI is InChI=1S/C12H8NO/c13-7-9-5-6-10(8-14)12-4-2-1-3-11(9)12/h1-4,6,14H,8H2. The van der Waals surface area contributed by atoms with Gasteiger partial charge in [-0.2, -0.15) is 5.26 Å². The lowest BCUT2D eigenvalue weighted by molar-refractivity contribution is 0.283. The van der Waals surface area contributed by atoms with Gasteiger partial charge in [0.1, 0.15) is 6.07 Å². The van der Waals surface area contributed by atoms with E-state index < -0.39 is 0 Å². The number of nitrogens with zero attached hydrogens (tertiary/aromatic N) is 1. The Morgan fingerprint density at radius 3 is 2.64 bits per heavy atom. The van der Waals surface area contributed by atoms with Gasteiger partial charge in [-0.05, 0) is 17.0 Å². The van der Waals surface area contributed by atoms with Crippen molar-refractivity contribution in [2.45, 2.75) is 6.61 Å². The van der Waals surface area contributed by atoms with Crippen LogP contribution in [0.1, 0.15) is 11.1 Å². The average molecular weight is 182 g/mol. The second-order valence-electron chi connectivity index (χ2n) is 3.00. The van der Waals surface area contributed by atoms with Crippen molar-refractivity contribution in [3.8, 4) is 6.07 Å². The van der Waals surface area contributed by atoms with Crippen LogP contribution in [0, 0.1) is 17.4 Å². The molecule has 0 heterocycles. The van der Waals surface area contributed by atoms with Gasteiger partial charge in [0.15, 0.2) is 0 Å². The van der Waals surface area contributed by atoms with Gasteiger partial charge in [-0.3, -0.25) is 0 Å². The van der Waals surface area contributed by atoms with Gasteiger partial charge in [0.2, 0.25) is 0 Å². The molecule has 0 bridgehead atoms. The van der Waals surface area contributed by atoms with E-state index in [1.807, 2.05) is 24.3 Å². The van der Waals surface area contributed by atoms with Gasteiger partial charge >= 0.3 is 0 Å². The second kappa shape index (κ2) is 3.49. The molecule has 0 aromatic heterocycles. The number of aliphatic hydroxyl groups is 1. The van der Waals surface area contributed by atoms with Crippen LogP contribution >= 0.6 is 0 Å². The van der Waals surface area contributed by atoms with E-state index >= 15 is 0 Å². The van der Waals surface area contributed by atoms with E-state index in [-0.39, 0.29) is 6.61 Å². The zero-order chi connectivity index (χ0) is 9.97. The van der Waals surface area contributed by atoms with E-state index in [9.17, 15) is 0 Å². The minimum absolute atomic E-state index is 0.0251. The Morgan fingerprint density at radius 1 is 1.29 bits per heavy atom. The van der Waals surface area contributed by atoms with E-state index in [0.717, 1.165) is 16.3 Å². The SMILES string of the molecule is N#Cc1[c]cc(CO)c2ccccc12. The average Bonchev–Trinajstić information content (AvgIpc) is 2.27. The molecule has 0 amide bonds. The fourth-order valence-corrected chi connectivity index (χ4v) is 1.52.